The largest absolute Gasteiger partial charge is 0.443 e. The van der Waals surface area contributed by atoms with Crippen LogP contribution in [0.25, 0.3) is 28.1 Å². The predicted molar refractivity (Wildman–Crippen MR) is 133 cm³/mol. The lowest BCUT2D eigenvalue weighted by molar-refractivity contribution is 0.0549. The fraction of sp³-hybridized carbons (Fsp3) is 0.296. The molecule has 1 saturated carbocycles. The first-order chi connectivity index (χ1) is 16.8. The van der Waals surface area contributed by atoms with E-state index in [9.17, 15) is 10.1 Å². The zero-order valence-corrected chi connectivity index (χ0v) is 20.0. The number of hydrogen-bond acceptors (Lipinski definition) is 6. The van der Waals surface area contributed by atoms with Crippen molar-refractivity contribution in [3.63, 3.8) is 0 Å². The van der Waals surface area contributed by atoms with Crippen LogP contribution in [0.5, 0.6) is 0 Å². The van der Waals surface area contributed by atoms with Crippen molar-refractivity contribution in [2.24, 2.45) is 0 Å². The zero-order valence-electron chi connectivity index (χ0n) is 20.0. The summed E-state index contributed by atoms with van der Waals surface area (Å²) in [6.07, 6.45) is 6.08. The minimum atomic E-state index is -0.571. The number of aromatic nitrogens is 4. The number of nitriles is 1. The van der Waals surface area contributed by atoms with Crippen LogP contribution in [0.1, 0.15) is 45.9 Å². The topological polar surface area (TPSA) is 96.9 Å². The normalized spacial score (nSPS) is 13.8. The lowest BCUT2D eigenvalue weighted by Crippen LogP contribution is -2.46. The highest BCUT2D eigenvalue weighted by atomic mass is 16.6. The van der Waals surface area contributed by atoms with Crippen molar-refractivity contribution >= 4 is 22.8 Å². The van der Waals surface area contributed by atoms with E-state index in [4.69, 9.17) is 4.74 Å². The smallest absolute Gasteiger partial charge is 0.415 e. The number of rotatable bonds is 4. The molecule has 1 aliphatic rings. The number of hydrogen-bond donors (Lipinski definition) is 0. The van der Waals surface area contributed by atoms with Gasteiger partial charge < -0.3 is 4.74 Å². The van der Waals surface area contributed by atoms with Gasteiger partial charge in [0.05, 0.1) is 11.4 Å². The molecule has 0 saturated heterocycles. The Hall–Kier alpha value is -4.25. The van der Waals surface area contributed by atoms with Crippen LogP contribution in [0, 0.1) is 11.3 Å². The van der Waals surface area contributed by atoms with E-state index in [-0.39, 0.29) is 18.0 Å². The van der Waals surface area contributed by atoms with E-state index in [1.165, 1.54) is 0 Å². The third kappa shape index (κ3) is 4.45. The van der Waals surface area contributed by atoms with Crippen molar-refractivity contribution in [2.45, 2.75) is 51.7 Å². The highest BCUT2D eigenvalue weighted by molar-refractivity contribution is 5.89. The minimum Gasteiger partial charge on any atom is -0.443 e. The molecule has 0 bridgehead atoms. The van der Waals surface area contributed by atoms with Gasteiger partial charge in [-0.15, -0.1) is 0 Å². The molecule has 1 aliphatic carbocycles. The third-order valence-corrected chi connectivity index (χ3v) is 5.98. The molecule has 0 aliphatic heterocycles. The van der Waals surface area contributed by atoms with Crippen LogP contribution in [-0.2, 0) is 4.74 Å². The third-order valence-electron chi connectivity index (χ3n) is 5.98. The molecule has 1 aromatic carbocycles. The minimum absolute atomic E-state index is 0.0992. The molecule has 0 atom stereocenters. The summed E-state index contributed by atoms with van der Waals surface area (Å²) in [6.45, 7) is 5.63. The van der Waals surface area contributed by atoms with Crippen LogP contribution in [0.2, 0.25) is 0 Å². The van der Waals surface area contributed by atoms with Gasteiger partial charge in [-0.3, -0.25) is 14.5 Å². The monoisotopic (exact) mass is 466 g/mol. The van der Waals surface area contributed by atoms with Crippen molar-refractivity contribution in [3.8, 4) is 23.1 Å². The Morgan fingerprint density at radius 2 is 1.91 bits per heavy atom. The summed E-state index contributed by atoms with van der Waals surface area (Å²) in [4.78, 5) is 27.9. The summed E-state index contributed by atoms with van der Waals surface area (Å²) in [6, 6.07) is 17.6. The molecule has 176 valence electrons. The molecular weight excluding hydrogens is 440 g/mol. The molecular formula is C27H26N6O2. The van der Waals surface area contributed by atoms with E-state index < -0.39 is 5.60 Å². The van der Waals surface area contributed by atoms with Crippen LogP contribution in [0.15, 0.2) is 60.9 Å². The van der Waals surface area contributed by atoms with Gasteiger partial charge in [-0.05, 0) is 82.5 Å². The number of pyridine rings is 1. The maximum Gasteiger partial charge on any atom is 0.415 e. The van der Waals surface area contributed by atoms with E-state index in [1.54, 1.807) is 17.3 Å². The number of nitrogens with zero attached hydrogens (tertiary/aromatic N) is 6. The number of carbonyl (C=O) groups is 1. The summed E-state index contributed by atoms with van der Waals surface area (Å²) in [5.74, 6) is 0.0992. The quantitative estimate of drug-likeness (QED) is 0.386. The maximum atomic E-state index is 13.0. The molecule has 35 heavy (non-hydrogen) atoms. The number of anilines is 1. The molecule has 3 heterocycles. The van der Waals surface area contributed by atoms with Gasteiger partial charge in [0.2, 0.25) is 5.82 Å². The zero-order chi connectivity index (χ0) is 24.6. The van der Waals surface area contributed by atoms with Crippen LogP contribution in [-0.4, -0.2) is 37.3 Å². The summed E-state index contributed by atoms with van der Waals surface area (Å²) < 4.78 is 7.66. The highest BCUT2D eigenvalue weighted by Gasteiger charge is 2.33. The van der Waals surface area contributed by atoms with E-state index in [2.05, 4.69) is 15.0 Å². The number of carbonyl (C=O) groups excluding carboxylic acids is 1. The van der Waals surface area contributed by atoms with Gasteiger partial charge in [0.25, 0.3) is 0 Å². The Bertz CT molecular complexity index is 1410. The molecule has 3 aromatic heterocycles. The molecule has 8 nitrogen and oxygen atoms in total. The second-order valence-electron chi connectivity index (χ2n) is 9.62. The van der Waals surface area contributed by atoms with Crippen molar-refractivity contribution in [2.75, 3.05) is 4.90 Å². The Morgan fingerprint density at radius 3 is 2.51 bits per heavy atom. The van der Waals surface area contributed by atoms with E-state index in [0.29, 0.717) is 5.65 Å². The molecule has 0 spiro atoms. The van der Waals surface area contributed by atoms with E-state index in [0.717, 1.165) is 47.4 Å². The molecule has 1 fully saturated rings. The average molecular weight is 467 g/mol. The van der Waals surface area contributed by atoms with Crippen LogP contribution < -0.4 is 4.90 Å². The standard InChI is InChI=1S/C27H26N6O2/c1-27(2,3)35-26(34)32(19-7-6-8-19)20-10-12-21(13-11-20)33-23(22-9-4-5-14-29-22)15-18-17-30-24(16-28)31-25(18)33/h4-5,9-15,17,19H,6-8H2,1-3H3. The lowest BCUT2D eigenvalue weighted by Gasteiger charge is -2.38. The summed E-state index contributed by atoms with van der Waals surface area (Å²) in [5.41, 5.74) is 3.28. The van der Waals surface area contributed by atoms with Crippen LogP contribution in [0.4, 0.5) is 10.5 Å². The second-order valence-corrected chi connectivity index (χ2v) is 9.62. The van der Waals surface area contributed by atoms with Gasteiger partial charge in [0.15, 0.2) is 0 Å². The van der Waals surface area contributed by atoms with Crippen LogP contribution in [0.3, 0.4) is 0 Å². The van der Waals surface area contributed by atoms with Gasteiger partial charge in [0, 0.05) is 35.2 Å². The molecule has 0 radical (unpaired) electrons. The van der Waals surface area contributed by atoms with E-state index >= 15 is 0 Å². The fourth-order valence-electron chi connectivity index (χ4n) is 4.19. The van der Waals surface area contributed by atoms with Gasteiger partial charge in [-0.1, -0.05) is 6.07 Å². The Balaban J connectivity index is 1.59. The number of benzene rings is 1. The Morgan fingerprint density at radius 1 is 1.14 bits per heavy atom. The Kier molecular flexibility index (Phi) is 5.69. The number of fused-ring (bicyclic) bond motifs is 1. The summed E-state index contributed by atoms with van der Waals surface area (Å²) >= 11 is 0. The number of ether oxygens (including phenoxy) is 1. The predicted octanol–water partition coefficient (Wildman–Crippen LogP) is 5.65. The molecule has 4 aromatic rings. The molecule has 0 N–H and O–H groups in total. The number of amides is 1. The second kappa shape index (κ2) is 8.84. The first-order valence-electron chi connectivity index (χ1n) is 11.7. The van der Waals surface area contributed by atoms with Gasteiger partial charge in [0.1, 0.15) is 17.3 Å². The maximum absolute atomic E-state index is 13.0. The van der Waals surface area contributed by atoms with Crippen molar-refractivity contribution < 1.29 is 9.53 Å². The van der Waals surface area contributed by atoms with E-state index in [1.807, 2.05) is 79.9 Å². The summed E-state index contributed by atoms with van der Waals surface area (Å²) in [5, 5.41) is 10.2. The molecule has 5 rings (SSSR count). The Labute approximate surface area is 203 Å². The highest BCUT2D eigenvalue weighted by Crippen LogP contribution is 2.34. The lowest BCUT2D eigenvalue weighted by atomic mass is 9.91. The van der Waals surface area contributed by atoms with Crippen molar-refractivity contribution in [3.05, 3.63) is 66.7 Å². The van der Waals surface area contributed by atoms with Crippen molar-refractivity contribution in [1.82, 2.24) is 19.5 Å². The van der Waals surface area contributed by atoms with Crippen LogP contribution >= 0.6 is 0 Å². The van der Waals surface area contributed by atoms with Gasteiger partial charge >= 0.3 is 6.09 Å². The van der Waals surface area contributed by atoms with Gasteiger partial charge in [-0.25, -0.2) is 14.8 Å². The molecule has 8 heteroatoms. The first kappa shape index (κ1) is 22.5. The van der Waals surface area contributed by atoms with Gasteiger partial charge in [-0.2, -0.15) is 5.26 Å². The average Bonchev–Trinajstić information content (AvgIpc) is 3.19. The fourth-order valence-corrected chi connectivity index (χ4v) is 4.19. The summed E-state index contributed by atoms with van der Waals surface area (Å²) in [7, 11) is 0. The SMILES string of the molecule is CC(C)(C)OC(=O)N(c1ccc(-n2c(-c3ccccn3)cc3cnc(C#N)nc32)cc1)C1CCC1. The van der Waals surface area contributed by atoms with Crippen molar-refractivity contribution in [1.29, 1.82) is 5.26 Å². The molecule has 0 unspecified atom stereocenters. The first-order valence-corrected chi connectivity index (χ1v) is 11.7. The molecule has 1 amide bonds.